The van der Waals surface area contributed by atoms with Crippen LogP contribution >= 0.6 is 0 Å². The van der Waals surface area contributed by atoms with Crippen LogP contribution in [0.25, 0.3) is 34.6 Å². The fourth-order valence-electron chi connectivity index (χ4n) is 2.34. The summed E-state index contributed by atoms with van der Waals surface area (Å²) in [7, 11) is 0. The van der Waals surface area contributed by atoms with E-state index in [1.165, 1.54) is 0 Å². The average molecular weight is 294 g/mol. The molecular weight excluding hydrogens is 280 g/mol. The molecule has 22 heavy (non-hydrogen) atoms. The Morgan fingerprint density at radius 1 is 0.409 bits per heavy atom. The molecule has 4 aromatic heterocycles. The minimum atomic E-state index is 0.651. The van der Waals surface area contributed by atoms with Crippen molar-refractivity contribution in [2.45, 2.75) is 13.8 Å². The van der Waals surface area contributed by atoms with E-state index in [2.05, 4.69) is 0 Å². The summed E-state index contributed by atoms with van der Waals surface area (Å²) in [6, 6.07) is 15.0. The molecule has 0 saturated carbocycles. The van der Waals surface area contributed by atoms with Crippen molar-refractivity contribution < 1.29 is 17.7 Å². The van der Waals surface area contributed by atoms with Crippen LogP contribution in [0.5, 0.6) is 0 Å². The van der Waals surface area contributed by atoms with E-state index in [4.69, 9.17) is 17.7 Å². The Hall–Kier alpha value is -2.88. The lowest BCUT2D eigenvalue weighted by Gasteiger charge is -1.93. The molecule has 0 aliphatic heterocycles. The van der Waals surface area contributed by atoms with Gasteiger partial charge in [-0.25, -0.2) is 0 Å². The van der Waals surface area contributed by atoms with Crippen LogP contribution in [0.4, 0.5) is 0 Å². The molecule has 4 heterocycles. The third kappa shape index (κ3) is 2.19. The Labute approximate surface area is 127 Å². The van der Waals surface area contributed by atoms with Crippen molar-refractivity contribution in [3.05, 3.63) is 60.1 Å². The molecule has 0 saturated heterocycles. The molecule has 0 atom stereocenters. The zero-order chi connectivity index (χ0) is 15.1. The van der Waals surface area contributed by atoms with Crippen molar-refractivity contribution in [1.29, 1.82) is 0 Å². The molecule has 0 fully saturated rings. The SMILES string of the molecule is Cc1ccc(-c2ccc(-c3ccc(-c4ccc(C)o4)o3)o2)o1. The number of hydrogen-bond donors (Lipinski definition) is 0. The maximum Gasteiger partial charge on any atom is 0.170 e. The van der Waals surface area contributed by atoms with Crippen LogP contribution in [0.2, 0.25) is 0 Å². The van der Waals surface area contributed by atoms with Crippen LogP contribution in [0.15, 0.2) is 66.2 Å². The molecule has 4 aromatic rings. The lowest BCUT2D eigenvalue weighted by molar-refractivity contribution is 0.489. The maximum atomic E-state index is 5.81. The van der Waals surface area contributed by atoms with Gasteiger partial charge < -0.3 is 17.7 Å². The quantitative estimate of drug-likeness (QED) is 0.488. The smallest absolute Gasteiger partial charge is 0.170 e. The molecule has 0 aromatic carbocycles. The largest absolute Gasteiger partial charge is 0.458 e. The lowest BCUT2D eigenvalue weighted by Crippen LogP contribution is -1.68. The summed E-state index contributed by atoms with van der Waals surface area (Å²) >= 11 is 0. The molecule has 0 bridgehead atoms. The minimum Gasteiger partial charge on any atom is -0.458 e. The Morgan fingerprint density at radius 3 is 0.955 bits per heavy atom. The first kappa shape index (κ1) is 12.8. The van der Waals surface area contributed by atoms with Crippen molar-refractivity contribution in [3.8, 4) is 34.6 Å². The summed E-state index contributed by atoms with van der Waals surface area (Å²) in [4.78, 5) is 0. The summed E-state index contributed by atoms with van der Waals surface area (Å²) < 4.78 is 22.7. The molecule has 0 radical (unpaired) electrons. The van der Waals surface area contributed by atoms with Gasteiger partial charge >= 0.3 is 0 Å². The van der Waals surface area contributed by atoms with Crippen LogP contribution < -0.4 is 0 Å². The highest BCUT2D eigenvalue weighted by molar-refractivity contribution is 5.62. The summed E-state index contributed by atoms with van der Waals surface area (Å²) in [5.41, 5.74) is 0. The van der Waals surface area contributed by atoms with Crippen LogP contribution in [-0.2, 0) is 0 Å². The van der Waals surface area contributed by atoms with Gasteiger partial charge in [0.05, 0.1) is 0 Å². The van der Waals surface area contributed by atoms with Gasteiger partial charge in [-0.15, -0.1) is 0 Å². The highest BCUT2D eigenvalue weighted by Crippen LogP contribution is 2.33. The van der Waals surface area contributed by atoms with E-state index in [9.17, 15) is 0 Å². The van der Waals surface area contributed by atoms with E-state index in [1.54, 1.807) is 0 Å². The van der Waals surface area contributed by atoms with E-state index < -0.39 is 0 Å². The average Bonchev–Trinajstić information content (AvgIpc) is 3.24. The highest BCUT2D eigenvalue weighted by Gasteiger charge is 2.14. The van der Waals surface area contributed by atoms with Gasteiger partial charge in [0.15, 0.2) is 34.6 Å². The second kappa shape index (κ2) is 4.84. The fraction of sp³-hybridized carbons (Fsp3) is 0.111. The van der Waals surface area contributed by atoms with Crippen LogP contribution in [0.1, 0.15) is 11.5 Å². The maximum absolute atomic E-state index is 5.81. The van der Waals surface area contributed by atoms with Gasteiger partial charge in [0.1, 0.15) is 11.5 Å². The van der Waals surface area contributed by atoms with Gasteiger partial charge in [-0.2, -0.15) is 0 Å². The molecule has 4 heteroatoms. The van der Waals surface area contributed by atoms with Crippen molar-refractivity contribution >= 4 is 0 Å². The van der Waals surface area contributed by atoms with Gasteiger partial charge in [-0.1, -0.05) is 0 Å². The number of rotatable bonds is 3. The van der Waals surface area contributed by atoms with Gasteiger partial charge in [0.25, 0.3) is 0 Å². The van der Waals surface area contributed by atoms with E-state index in [0.29, 0.717) is 34.6 Å². The molecule has 0 aliphatic rings. The molecule has 110 valence electrons. The van der Waals surface area contributed by atoms with Gasteiger partial charge in [-0.3, -0.25) is 0 Å². The third-order valence-corrected chi connectivity index (χ3v) is 3.42. The molecular formula is C18H14O4. The predicted octanol–water partition coefficient (Wildman–Crippen LogP) is 5.68. The van der Waals surface area contributed by atoms with Crippen LogP contribution in [0, 0.1) is 13.8 Å². The third-order valence-electron chi connectivity index (χ3n) is 3.42. The van der Waals surface area contributed by atoms with Gasteiger partial charge in [0.2, 0.25) is 0 Å². The Bertz CT molecular complexity index is 840. The van der Waals surface area contributed by atoms with Crippen LogP contribution in [-0.4, -0.2) is 0 Å². The van der Waals surface area contributed by atoms with Crippen molar-refractivity contribution in [2.75, 3.05) is 0 Å². The van der Waals surface area contributed by atoms with E-state index >= 15 is 0 Å². The lowest BCUT2D eigenvalue weighted by atomic mass is 10.3. The molecule has 4 rings (SSSR count). The van der Waals surface area contributed by atoms with Crippen molar-refractivity contribution in [1.82, 2.24) is 0 Å². The van der Waals surface area contributed by atoms with Crippen molar-refractivity contribution in [3.63, 3.8) is 0 Å². The monoisotopic (exact) mass is 294 g/mol. The Kier molecular flexibility index (Phi) is 2.82. The van der Waals surface area contributed by atoms with Gasteiger partial charge in [0, 0.05) is 0 Å². The summed E-state index contributed by atoms with van der Waals surface area (Å²) in [6.45, 7) is 3.80. The topological polar surface area (TPSA) is 52.6 Å². The van der Waals surface area contributed by atoms with Crippen LogP contribution in [0.3, 0.4) is 0 Å². The first-order chi connectivity index (χ1) is 10.7. The summed E-state index contributed by atoms with van der Waals surface area (Å²) in [5.74, 6) is 5.76. The fourth-order valence-corrected chi connectivity index (χ4v) is 2.34. The first-order valence-corrected chi connectivity index (χ1v) is 7.03. The highest BCUT2D eigenvalue weighted by atomic mass is 16.4. The van der Waals surface area contributed by atoms with Crippen molar-refractivity contribution in [2.24, 2.45) is 0 Å². The summed E-state index contributed by atoms with van der Waals surface area (Å²) in [5, 5.41) is 0. The standard InChI is InChI=1S/C18H14O4/c1-11-3-5-13(19-11)15-7-9-17(21-15)18-10-8-16(22-18)14-6-4-12(2)20-14/h3-10H,1-2H3. The number of furan rings is 4. The zero-order valence-corrected chi connectivity index (χ0v) is 12.3. The zero-order valence-electron chi connectivity index (χ0n) is 12.3. The van der Waals surface area contributed by atoms with E-state index in [0.717, 1.165) is 11.5 Å². The molecule has 4 nitrogen and oxygen atoms in total. The molecule has 0 unspecified atom stereocenters. The predicted molar refractivity (Wildman–Crippen MR) is 81.3 cm³/mol. The second-order valence-corrected chi connectivity index (χ2v) is 5.15. The molecule has 0 amide bonds. The Morgan fingerprint density at radius 2 is 0.682 bits per heavy atom. The summed E-state index contributed by atoms with van der Waals surface area (Å²) in [6.07, 6.45) is 0. The Balaban J connectivity index is 1.65. The van der Waals surface area contributed by atoms with E-state index in [-0.39, 0.29) is 0 Å². The first-order valence-electron chi connectivity index (χ1n) is 7.03. The van der Waals surface area contributed by atoms with E-state index in [1.807, 2.05) is 62.4 Å². The number of hydrogen-bond acceptors (Lipinski definition) is 4. The molecule has 0 aliphatic carbocycles. The molecule has 0 spiro atoms. The van der Waals surface area contributed by atoms with Gasteiger partial charge in [-0.05, 0) is 62.4 Å². The number of aryl methyl sites for hydroxylation is 2. The normalized spacial score (nSPS) is 11.2. The minimum absolute atomic E-state index is 0.651. The second-order valence-electron chi connectivity index (χ2n) is 5.15. The molecule has 0 N–H and O–H groups in total.